The lowest BCUT2D eigenvalue weighted by atomic mass is 10.2. The first-order valence-electron chi connectivity index (χ1n) is 8.89. The van der Waals surface area contributed by atoms with Crippen molar-refractivity contribution < 1.29 is 14.7 Å². The third-order valence-electron chi connectivity index (χ3n) is 4.77. The summed E-state index contributed by atoms with van der Waals surface area (Å²) < 4.78 is 0. The number of aromatic hydroxyl groups is 1. The van der Waals surface area contributed by atoms with Crippen LogP contribution in [0.1, 0.15) is 6.92 Å². The fourth-order valence-corrected chi connectivity index (χ4v) is 3.03. The topological polar surface area (TPSA) is 76.1 Å². The highest BCUT2D eigenvalue weighted by atomic mass is 16.3. The summed E-state index contributed by atoms with van der Waals surface area (Å²) in [6.07, 6.45) is 0. The van der Waals surface area contributed by atoms with Crippen molar-refractivity contribution in [3.8, 4) is 5.75 Å². The maximum absolute atomic E-state index is 12.5. The standard InChI is InChI=1S/C20H24N4O3/c1-15(25)22(2)17-9-7-16(8-10-17)21-20(27)24-13-11-23(12-14-24)18-5-3-4-6-19(18)26/h3-10,26H,11-14H2,1-2H3,(H,21,27). The SMILES string of the molecule is CC(=O)N(C)c1ccc(NC(=O)N2CCN(c3ccccc3O)CC2)cc1. The molecule has 1 heterocycles. The van der Waals surface area contributed by atoms with Gasteiger partial charge >= 0.3 is 6.03 Å². The number of urea groups is 1. The van der Waals surface area contributed by atoms with Gasteiger partial charge in [-0.3, -0.25) is 4.79 Å². The number of amides is 3. The van der Waals surface area contributed by atoms with Crippen molar-refractivity contribution in [2.75, 3.05) is 48.3 Å². The van der Waals surface area contributed by atoms with Gasteiger partial charge < -0.3 is 25.1 Å². The van der Waals surface area contributed by atoms with Crippen LogP contribution >= 0.6 is 0 Å². The number of nitrogens with zero attached hydrogens (tertiary/aromatic N) is 3. The van der Waals surface area contributed by atoms with Crippen molar-refractivity contribution >= 4 is 29.0 Å². The Morgan fingerprint density at radius 3 is 2.22 bits per heavy atom. The number of benzene rings is 2. The van der Waals surface area contributed by atoms with Crippen LogP contribution in [0.3, 0.4) is 0 Å². The third-order valence-corrected chi connectivity index (χ3v) is 4.77. The molecule has 0 bridgehead atoms. The highest BCUT2D eigenvalue weighted by Gasteiger charge is 2.22. The number of nitrogens with one attached hydrogen (secondary N) is 1. The molecule has 7 heteroatoms. The number of piperazine rings is 1. The van der Waals surface area contributed by atoms with E-state index in [-0.39, 0.29) is 17.7 Å². The number of carbonyl (C=O) groups is 2. The number of hydrogen-bond donors (Lipinski definition) is 2. The average Bonchev–Trinajstić information content (AvgIpc) is 2.68. The molecule has 3 amide bonds. The van der Waals surface area contributed by atoms with Crippen LogP contribution in [0.25, 0.3) is 0 Å². The van der Waals surface area contributed by atoms with Gasteiger partial charge in [-0.2, -0.15) is 0 Å². The van der Waals surface area contributed by atoms with Gasteiger partial charge in [0.2, 0.25) is 5.91 Å². The normalized spacial score (nSPS) is 14.0. The molecule has 27 heavy (non-hydrogen) atoms. The summed E-state index contributed by atoms with van der Waals surface area (Å²) >= 11 is 0. The monoisotopic (exact) mass is 368 g/mol. The highest BCUT2D eigenvalue weighted by Crippen LogP contribution is 2.27. The molecule has 2 aromatic rings. The lowest BCUT2D eigenvalue weighted by molar-refractivity contribution is -0.116. The van der Waals surface area contributed by atoms with E-state index in [1.165, 1.54) is 6.92 Å². The first-order chi connectivity index (χ1) is 13.0. The van der Waals surface area contributed by atoms with Gasteiger partial charge in [0.15, 0.2) is 0 Å². The Bertz CT molecular complexity index is 814. The molecule has 1 aliphatic heterocycles. The molecule has 0 unspecified atom stereocenters. The van der Waals surface area contributed by atoms with Crippen LogP contribution in [0.4, 0.5) is 21.9 Å². The second-order valence-corrected chi connectivity index (χ2v) is 6.52. The fourth-order valence-electron chi connectivity index (χ4n) is 3.03. The van der Waals surface area contributed by atoms with E-state index in [4.69, 9.17) is 0 Å². The molecular weight excluding hydrogens is 344 g/mol. The molecule has 1 saturated heterocycles. The van der Waals surface area contributed by atoms with Crippen LogP contribution in [0.15, 0.2) is 48.5 Å². The number of phenols is 1. The largest absolute Gasteiger partial charge is 0.506 e. The molecule has 1 aliphatic rings. The smallest absolute Gasteiger partial charge is 0.321 e. The lowest BCUT2D eigenvalue weighted by Crippen LogP contribution is -2.50. The minimum Gasteiger partial charge on any atom is -0.506 e. The van der Waals surface area contributed by atoms with E-state index in [1.54, 1.807) is 53.2 Å². The predicted molar refractivity (Wildman–Crippen MR) is 106 cm³/mol. The zero-order valence-corrected chi connectivity index (χ0v) is 15.6. The Morgan fingerprint density at radius 2 is 1.63 bits per heavy atom. The van der Waals surface area contributed by atoms with E-state index in [0.717, 1.165) is 11.4 Å². The van der Waals surface area contributed by atoms with Crippen molar-refractivity contribution in [1.82, 2.24) is 4.90 Å². The van der Waals surface area contributed by atoms with E-state index in [0.29, 0.717) is 31.9 Å². The molecular formula is C20H24N4O3. The number of rotatable bonds is 3. The summed E-state index contributed by atoms with van der Waals surface area (Å²) in [5.74, 6) is 0.208. The number of para-hydroxylation sites is 2. The van der Waals surface area contributed by atoms with E-state index < -0.39 is 0 Å². The Morgan fingerprint density at radius 1 is 1.00 bits per heavy atom. The quantitative estimate of drug-likeness (QED) is 0.873. The minimum absolute atomic E-state index is 0.0471. The van der Waals surface area contributed by atoms with E-state index in [1.807, 2.05) is 12.1 Å². The summed E-state index contributed by atoms with van der Waals surface area (Å²) in [4.78, 5) is 29.3. The molecule has 2 aromatic carbocycles. The molecule has 0 spiro atoms. The van der Waals surface area contributed by atoms with Crippen LogP contribution in [-0.4, -0.2) is 55.2 Å². The van der Waals surface area contributed by atoms with Gasteiger partial charge in [-0.25, -0.2) is 4.79 Å². The van der Waals surface area contributed by atoms with Crippen molar-refractivity contribution in [3.05, 3.63) is 48.5 Å². The Balaban J connectivity index is 1.55. The fraction of sp³-hybridized carbons (Fsp3) is 0.300. The van der Waals surface area contributed by atoms with E-state index >= 15 is 0 Å². The van der Waals surface area contributed by atoms with Crippen molar-refractivity contribution in [2.45, 2.75) is 6.92 Å². The van der Waals surface area contributed by atoms with Crippen LogP contribution in [0.2, 0.25) is 0 Å². The number of carbonyl (C=O) groups excluding carboxylic acids is 2. The molecule has 2 N–H and O–H groups in total. The van der Waals surface area contributed by atoms with Crippen LogP contribution in [-0.2, 0) is 4.79 Å². The second kappa shape index (κ2) is 7.99. The molecule has 1 fully saturated rings. The maximum atomic E-state index is 12.5. The van der Waals surface area contributed by atoms with E-state index in [9.17, 15) is 14.7 Å². The minimum atomic E-state index is -0.153. The second-order valence-electron chi connectivity index (χ2n) is 6.52. The van der Waals surface area contributed by atoms with Crippen molar-refractivity contribution in [3.63, 3.8) is 0 Å². The third kappa shape index (κ3) is 4.31. The lowest BCUT2D eigenvalue weighted by Gasteiger charge is -2.36. The van der Waals surface area contributed by atoms with Crippen LogP contribution in [0.5, 0.6) is 5.75 Å². The number of hydrogen-bond acceptors (Lipinski definition) is 4. The Hall–Kier alpha value is -3.22. The van der Waals surface area contributed by atoms with Gasteiger partial charge in [-0.1, -0.05) is 12.1 Å². The van der Waals surface area contributed by atoms with Crippen molar-refractivity contribution in [1.29, 1.82) is 0 Å². The summed E-state index contributed by atoms with van der Waals surface area (Å²) in [5, 5.41) is 12.9. The molecule has 3 rings (SSSR count). The van der Waals surface area contributed by atoms with Gasteiger partial charge in [0, 0.05) is 51.5 Å². The van der Waals surface area contributed by atoms with Crippen LogP contribution < -0.4 is 15.1 Å². The van der Waals surface area contributed by atoms with Crippen LogP contribution in [0, 0.1) is 0 Å². The first kappa shape index (κ1) is 18.6. The summed E-state index contributed by atoms with van der Waals surface area (Å²) in [6.45, 7) is 3.97. The van der Waals surface area contributed by atoms with E-state index in [2.05, 4.69) is 10.2 Å². The average molecular weight is 368 g/mol. The maximum Gasteiger partial charge on any atom is 0.321 e. The number of anilines is 3. The highest BCUT2D eigenvalue weighted by molar-refractivity contribution is 5.92. The molecule has 0 aliphatic carbocycles. The summed E-state index contributed by atoms with van der Waals surface area (Å²) in [5.41, 5.74) is 2.25. The molecule has 7 nitrogen and oxygen atoms in total. The van der Waals surface area contributed by atoms with Gasteiger partial charge in [0.1, 0.15) is 5.75 Å². The molecule has 0 atom stereocenters. The molecule has 142 valence electrons. The molecule has 0 aromatic heterocycles. The molecule has 0 radical (unpaired) electrons. The first-order valence-corrected chi connectivity index (χ1v) is 8.89. The summed E-state index contributed by atoms with van der Waals surface area (Å²) in [7, 11) is 1.71. The Kier molecular flexibility index (Phi) is 5.49. The van der Waals surface area contributed by atoms with Gasteiger partial charge in [0.05, 0.1) is 5.69 Å². The van der Waals surface area contributed by atoms with Crippen molar-refractivity contribution in [2.24, 2.45) is 0 Å². The zero-order valence-electron chi connectivity index (χ0n) is 15.6. The Labute approximate surface area is 158 Å². The zero-order chi connectivity index (χ0) is 19.4. The summed E-state index contributed by atoms with van der Waals surface area (Å²) in [6, 6.07) is 14.2. The predicted octanol–water partition coefficient (Wildman–Crippen LogP) is 2.73. The van der Waals surface area contributed by atoms with Gasteiger partial charge in [-0.15, -0.1) is 0 Å². The molecule has 0 saturated carbocycles. The van der Waals surface area contributed by atoms with Gasteiger partial charge in [0.25, 0.3) is 0 Å². The number of phenolic OH excluding ortho intramolecular Hbond substituents is 1. The van der Waals surface area contributed by atoms with Gasteiger partial charge in [-0.05, 0) is 36.4 Å².